The molecule has 1 aliphatic carbocycles. The van der Waals surface area contributed by atoms with Gasteiger partial charge in [0, 0.05) is 0 Å². The summed E-state index contributed by atoms with van der Waals surface area (Å²) in [6.07, 6.45) is 1.10. The highest BCUT2D eigenvalue weighted by molar-refractivity contribution is 5.85. The zero-order valence-corrected chi connectivity index (χ0v) is 8.25. The third-order valence-corrected chi connectivity index (χ3v) is 2.97. The topological polar surface area (TPSA) is 57.5 Å². The number of rotatable bonds is 2. The lowest BCUT2D eigenvalue weighted by Gasteiger charge is -2.14. The Labute approximate surface area is 86.2 Å². The van der Waals surface area contributed by atoms with E-state index in [-0.39, 0.29) is 0 Å². The van der Waals surface area contributed by atoms with Gasteiger partial charge in [-0.1, -0.05) is 0 Å². The molecule has 4 heteroatoms. The van der Waals surface area contributed by atoms with Crippen LogP contribution in [0.25, 0.3) is 0 Å². The summed E-state index contributed by atoms with van der Waals surface area (Å²) in [6, 6.07) is 2.40. The number of aryl methyl sites for hydroxylation is 1. The summed E-state index contributed by atoms with van der Waals surface area (Å²) in [5.74, 6) is -2.10. The predicted molar refractivity (Wildman–Crippen MR) is 51.3 cm³/mol. The maximum absolute atomic E-state index is 13.0. The number of carboxylic acids is 1. The lowest BCUT2D eigenvalue weighted by Crippen LogP contribution is -2.20. The molecule has 2 rings (SSSR count). The van der Waals surface area contributed by atoms with Crippen molar-refractivity contribution in [1.29, 1.82) is 0 Å². The van der Waals surface area contributed by atoms with E-state index in [1.807, 2.05) is 0 Å². The molecule has 0 heterocycles. The molecule has 1 aliphatic rings. The first-order chi connectivity index (χ1) is 6.97. The highest BCUT2D eigenvalue weighted by atomic mass is 19.1. The Bertz CT molecular complexity index is 436. The monoisotopic (exact) mass is 210 g/mol. The van der Waals surface area contributed by atoms with Crippen LogP contribution in [0.4, 0.5) is 4.39 Å². The number of aromatic hydroxyl groups is 1. The van der Waals surface area contributed by atoms with E-state index in [0.717, 1.165) is 0 Å². The number of aliphatic carboxylic acids is 1. The van der Waals surface area contributed by atoms with E-state index in [2.05, 4.69) is 0 Å². The van der Waals surface area contributed by atoms with Crippen LogP contribution in [0.1, 0.15) is 24.0 Å². The molecule has 2 N–H and O–H groups in total. The molecular formula is C11H11FO3. The van der Waals surface area contributed by atoms with Gasteiger partial charge in [-0.15, -0.1) is 0 Å². The Balaban J connectivity index is 2.54. The molecule has 0 amide bonds. The number of hydrogen-bond donors (Lipinski definition) is 2. The van der Waals surface area contributed by atoms with Crippen LogP contribution in [-0.2, 0) is 10.2 Å². The minimum atomic E-state index is -0.906. The normalized spacial score (nSPS) is 17.5. The standard InChI is InChI=1S/C11H11FO3/c1-6-4-8(12)9(13)5-7(6)11(2-3-11)10(14)15/h4-5,13H,2-3H2,1H3,(H,14,15). The number of hydrogen-bond acceptors (Lipinski definition) is 2. The van der Waals surface area contributed by atoms with Crippen molar-refractivity contribution in [3.8, 4) is 5.75 Å². The number of carbonyl (C=O) groups is 1. The third kappa shape index (κ3) is 1.37. The molecule has 1 aromatic carbocycles. The zero-order chi connectivity index (χ0) is 11.2. The predicted octanol–water partition coefficient (Wildman–Crippen LogP) is 1.96. The first-order valence-electron chi connectivity index (χ1n) is 4.70. The van der Waals surface area contributed by atoms with Gasteiger partial charge in [-0.25, -0.2) is 4.39 Å². The fourth-order valence-corrected chi connectivity index (χ4v) is 1.90. The Hall–Kier alpha value is -1.58. The summed E-state index contributed by atoms with van der Waals surface area (Å²) in [7, 11) is 0. The zero-order valence-electron chi connectivity index (χ0n) is 8.25. The largest absolute Gasteiger partial charge is 0.505 e. The van der Waals surface area contributed by atoms with Crippen molar-refractivity contribution in [1.82, 2.24) is 0 Å². The van der Waals surface area contributed by atoms with Crippen LogP contribution in [0.3, 0.4) is 0 Å². The molecular weight excluding hydrogens is 199 g/mol. The van der Waals surface area contributed by atoms with Crippen molar-refractivity contribution in [2.24, 2.45) is 0 Å². The maximum atomic E-state index is 13.0. The second-order valence-corrected chi connectivity index (χ2v) is 4.01. The molecule has 0 aromatic heterocycles. The number of halogens is 1. The average molecular weight is 210 g/mol. The summed E-state index contributed by atoms with van der Waals surface area (Å²) in [6.45, 7) is 1.65. The summed E-state index contributed by atoms with van der Waals surface area (Å²) < 4.78 is 13.0. The number of carboxylic acid groups (broad SMARTS) is 1. The summed E-state index contributed by atoms with van der Waals surface area (Å²) in [4.78, 5) is 11.1. The van der Waals surface area contributed by atoms with Crippen molar-refractivity contribution < 1.29 is 19.4 Å². The number of phenols is 1. The molecule has 0 saturated heterocycles. The molecule has 1 saturated carbocycles. The van der Waals surface area contributed by atoms with Crippen LogP contribution >= 0.6 is 0 Å². The first kappa shape index (κ1) is 9.96. The minimum Gasteiger partial charge on any atom is -0.505 e. The quantitative estimate of drug-likeness (QED) is 0.784. The van der Waals surface area contributed by atoms with Crippen LogP contribution in [-0.4, -0.2) is 16.2 Å². The van der Waals surface area contributed by atoms with Crippen LogP contribution in [0.5, 0.6) is 5.75 Å². The van der Waals surface area contributed by atoms with Gasteiger partial charge in [0.25, 0.3) is 0 Å². The van der Waals surface area contributed by atoms with Gasteiger partial charge in [0.1, 0.15) is 0 Å². The van der Waals surface area contributed by atoms with E-state index in [1.54, 1.807) is 6.92 Å². The van der Waals surface area contributed by atoms with Crippen LogP contribution in [0, 0.1) is 12.7 Å². The van der Waals surface area contributed by atoms with E-state index in [9.17, 15) is 14.3 Å². The van der Waals surface area contributed by atoms with E-state index < -0.39 is 23.0 Å². The van der Waals surface area contributed by atoms with Crippen molar-refractivity contribution >= 4 is 5.97 Å². The lowest BCUT2D eigenvalue weighted by molar-refractivity contribution is -0.140. The van der Waals surface area contributed by atoms with Gasteiger partial charge < -0.3 is 10.2 Å². The van der Waals surface area contributed by atoms with E-state index in [1.165, 1.54) is 12.1 Å². The summed E-state index contributed by atoms with van der Waals surface area (Å²) in [5, 5.41) is 18.3. The first-order valence-corrected chi connectivity index (χ1v) is 4.70. The molecule has 0 aliphatic heterocycles. The van der Waals surface area contributed by atoms with Crippen molar-refractivity contribution in [2.45, 2.75) is 25.2 Å². The van der Waals surface area contributed by atoms with Gasteiger partial charge in [0.15, 0.2) is 11.6 Å². The van der Waals surface area contributed by atoms with Crippen LogP contribution in [0.15, 0.2) is 12.1 Å². The van der Waals surface area contributed by atoms with Crippen molar-refractivity contribution in [2.75, 3.05) is 0 Å². The maximum Gasteiger partial charge on any atom is 0.314 e. The number of benzene rings is 1. The van der Waals surface area contributed by atoms with Crippen LogP contribution in [0.2, 0.25) is 0 Å². The molecule has 0 atom stereocenters. The molecule has 0 unspecified atom stereocenters. The van der Waals surface area contributed by atoms with E-state index >= 15 is 0 Å². The van der Waals surface area contributed by atoms with E-state index in [0.29, 0.717) is 24.0 Å². The lowest BCUT2D eigenvalue weighted by atomic mass is 9.91. The van der Waals surface area contributed by atoms with Crippen LogP contribution < -0.4 is 0 Å². The molecule has 80 valence electrons. The molecule has 0 spiro atoms. The molecule has 1 aromatic rings. The number of phenolic OH excluding ortho intramolecular Hbond substituents is 1. The Morgan fingerprint density at radius 2 is 2.07 bits per heavy atom. The van der Waals surface area contributed by atoms with Gasteiger partial charge in [-0.2, -0.15) is 0 Å². The smallest absolute Gasteiger partial charge is 0.314 e. The highest BCUT2D eigenvalue weighted by Crippen LogP contribution is 2.50. The second-order valence-electron chi connectivity index (χ2n) is 4.01. The Morgan fingerprint density at radius 1 is 1.47 bits per heavy atom. The summed E-state index contributed by atoms with van der Waals surface area (Å²) >= 11 is 0. The van der Waals surface area contributed by atoms with Crippen molar-refractivity contribution in [3.05, 3.63) is 29.1 Å². The molecule has 3 nitrogen and oxygen atoms in total. The van der Waals surface area contributed by atoms with Gasteiger partial charge >= 0.3 is 5.97 Å². The molecule has 0 radical (unpaired) electrons. The molecule has 15 heavy (non-hydrogen) atoms. The fourth-order valence-electron chi connectivity index (χ4n) is 1.90. The SMILES string of the molecule is Cc1cc(F)c(O)cc1C1(C(=O)O)CC1. The minimum absolute atomic E-state index is 0.483. The van der Waals surface area contributed by atoms with Crippen molar-refractivity contribution in [3.63, 3.8) is 0 Å². The van der Waals surface area contributed by atoms with Gasteiger partial charge in [0.2, 0.25) is 0 Å². The fraction of sp³-hybridized carbons (Fsp3) is 0.364. The second kappa shape index (κ2) is 2.95. The van der Waals surface area contributed by atoms with Gasteiger partial charge in [-0.3, -0.25) is 4.79 Å². The van der Waals surface area contributed by atoms with Gasteiger partial charge in [-0.05, 0) is 43.0 Å². The third-order valence-electron chi connectivity index (χ3n) is 2.97. The highest BCUT2D eigenvalue weighted by Gasteiger charge is 2.52. The molecule has 1 fully saturated rings. The molecule has 0 bridgehead atoms. The summed E-state index contributed by atoms with van der Waals surface area (Å²) in [5.41, 5.74) is 0.203. The Morgan fingerprint density at radius 3 is 2.53 bits per heavy atom. The van der Waals surface area contributed by atoms with Gasteiger partial charge in [0.05, 0.1) is 5.41 Å². The average Bonchev–Trinajstić information content (AvgIpc) is 2.92. The van der Waals surface area contributed by atoms with E-state index in [4.69, 9.17) is 5.11 Å². The Kier molecular flexibility index (Phi) is 1.96.